The van der Waals surface area contributed by atoms with E-state index in [4.69, 9.17) is 5.11 Å². The van der Waals surface area contributed by atoms with Gasteiger partial charge in [0.15, 0.2) is 0 Å². The minimum Gasteiger partial charge on any atom is -0.392 e. The van der Waals surface area contributed by atoms with Gasteiger partial charge < -0.3 is 15.3 Å². The third-order valence-corrected chi connectivity index (χ3v) is 3.33. The largest absolute Gasteiger partial charge is 0.406 e. The number of hydrogen-bond acceptors (Lipinski definition) is 3. The lowest BCUT2D eigenvalue weighted by molar-refractivity contribution is -0.157. The molecule has 0 aliphatic carbocycles. The predicted octanol–water partition coefficient (Wildman–Crippen LogP) is 1.53. The average Bonchev–Trinajstić information content (AvgIpc) is 2.78. The molecule has 1 aromatic rings. The number of anilines is 1. The monoisotopic (exact) mass is 316 g/mol. The Bertz CT molecular complexity index is 575. The summed E-state index contributed by atoms with van der Waals surface area (Å²) in [5, 5.41) is 11.6. The van der Waals surface area contributed by atoms with Crippen LogP contribution in [0.1, 0.15) is 12.0 Å². The van der Waals surface area contributed by atoms with Crippen LogP contribution in [-0.2, 0) is 16.2 Å². The van der Waals surface area contributed by atoms with Gasteiger partial charge in [-0.1, -0.05) is 12.1 Å². The number of carbonyl (C=O) groups is 2. The highest BCUT2D eigenvalue weighted by Gasteiger charge is 2.40. The summed E-state index contributed by atoms with van der Waals surface area (Å²) in [5.74, 6) is -2.00. The van der Waals surface area contributed by atoms with Crippen molar-refractivity contribution in [3.8, 4) is 0 Å². The molecule has 0 bridgehead atoms. The first-order chi connectivity index (χ1) is 10.3. The first-order valence-corrected chi connectivity index (χ1v) is 6.63. The van der Waals surface area contributed by atoms with E-state index in [1.54, 1.807) is 24.3 Å². The molecule has 1 unspecified atom stereocenters. The number of amides is 2. The second kappa shape index (κ2) is 6.35. The molecule has 1 aliphatic heterocycles. The van der Waals surface area contributed by atoms with Gasteiger partial charge >= 0.3 is 6.18 Å². The molecule has 1 atom stereocenters. The summed E-state index contributed by atoms with van der Waals surface area (Å²) in [4.78, 5) is 24.2. The summed E-state index contributed by atoms with van der Waals surface area (Å²) >= 11 is 0. The molecule has 1 aliphatic rings. The van der Waals surface area contributed by atoms with Crippen molar-refractivity contribution in [2.45, 2.75) is 19.2 Å². The molecular formula is C14H15F3N2O3. The van der Waals surface area contributed by atoms with Gasteiger partial charge in [0.25, 0.3) is 0 Å². The number of benzene rings is 1. The van der Waals surface area contributed by atoms with Crippen molar-refractivity contribution in [3.63, 3.8) is 0 Å². The highest BCUT2D eigenvalue weighted by molar-refractivity contribution is 5.97. The lowest BCUT2D eigenvalue weighted by Gasteiger charge is -2.18. The number of aliphatic hydroxyl groups excluding tert-OH is 1. The normalized spacial score (nSPS) is 18.6. The van der Waals surface area contributed by atoms with Crippen LogP contribution < -0.4 is 5.32 Å². The summed E-state index contributed by atoms with van der Waals surface area (Å²) in [6, 6.07) is 6.46. The molecule has 2 N–H and O–H groups in total. The van der Waals surface area contributed by atoms with Crippen LogP contribution in [0.3, 0.4) is 0 Å². The molecule has 120 valence electrons. The number of alkyl halides is 3. The van der Waals surface area contributed by atoms with Crippen LogP contribution in [0.4, 0.5) is 18.9 Å². The van der Waals surface area contributed by atoms with Crippen molar-refractivity contribution in [1.82, 2.24) is 4.90 Å². The summed E-state index contributed by atoms with van der Waals surface area (Å²) in [6.45, 7) is -1.77. The predicted molar refractivity (Wildman–Crippen MR) is 71.7 cm³/mol. The van der Waals surface area contributed by atoms with Crippen molar-refractivity contribution in [3.05, 3.63) is 29.8 Å². The lowest BCUT2D eigenvalue weighted by atomic mass is 10.1. The van der Waals surface area contributed by atoms with E-state index in [-0.39, 0.29) is 19.6 Å². The number of nitrogens with zero attached hydrogens (tertiary/aromatic N) is 1. The van der Waals surface area contributed by atoms with Crippen molar-refractivity contribution < 1.29 is 27.9 Å². The highest BCUT2D eigenvalue weighted by atomic mass is 19.4. The second-order valence-corrected chi connectivity index (χ2v) is 5.14. The van der Waals surface area contributed by atoms with E-state index in [2.05, 4.69) is 5.32 Å². The fourth-order valence-corrected chi connectivity index (χ4v) is 2.31. The SMILES string of the molecule is O=C(Nc1cccc(CO)c1)C1CC(=O)N(CC(F)(F)F)C1. The zero-order valence-corrected chi connectivity index (χ0v) is 11.6. The van der Waals surface area contributed by atoms with E-state index >= 15 is 0 Å². The van der Waals surface area contributed by atoms with Gasteiger partial charge in [-0.25, -0.2) is 0 Å². The minimum atomic E-state index is -4.48. The van der Waals surface area contributed by atoms with Gasteiger partial charge in [0.1, 0.15) is 6.54 Å². The third kappa shape index (κ3) is 4.20. The minimum absolute atomic E-state index is 0.189. The maximum Gasteiger partial charge on any atom is 0.406 e. The quantitative estimate of drug-likeness (QED) is 0.885. The molecule has 0 aromatic heterocycles. The number of carbonyl (C=O) groups excluding carboxylic acids is 2. The molecule has 1 fully saturated rings. The van der Waals surface area contributed by atoms with Gasteiger partial charge in [0.05, 0.1) is 12.5 Å². The Morgan fingerprint density at radius 2 is 2.14 bits per heavy atom. The molecule has 1 heterocycles. The van der Waals surface area contributed by atoms with Crippen LogP contribution >= 0.6 is 0 Å². The third-order valence-electron chi connectivity index (χ3n) is 3.33. The average molecular weight is 316 g/mol. The topological polar surface area (TPSA) is 69.6 Å². The molecule has 2 rings (SSSR count). The molecule has 0 saturated carbocycles. The van der Waals surface area contributed by atoms with Crippen LogP contribution in [0.2, 0.25) is 0 Å². The van der Waals surface area contributed by atoms with Crippen LogP contribution in [0.25, 0.3) is 0 Å². The Labute approximate surface area is 124 Å². The van der Waals surface area contributed by atoms with Gasteiger partial charge in [-0.15, -0.1) is 0 Å². The number of rotatable bonds is 4. The molecular weight excluding hydrogens is 301 g/mol. The Morgan fingerprint density at radius 3 is 2.77 bits per heavy atom. The molecule has 1 saturated heterocycles. The Morgan fingerprint density at radius 1 is 1.41 bits per heavy atom. The van der Waals surface area contributed by atoms with Crippen LogP contribution in [0, 0.1) is 5.92 Å². The van der Waals surface area contributed by atoms with Crippen molar-refractivity contribution in [2.75, 3.05) is 18.4 Å². The molecule has 22 heavy (non-hydrogen) atoms. The fourth-order valence-electron chi connectivity index (χ4n) is 2.31. The van der Waals surface area contributed by atoms with Crippen molar-refractivity contribution in [2.24, 2.45) is 5.92 Å². The van der Waals surface area contributed by atoms with Gasteiger partial charge in [0, 0.05) is 18.7 Å². The van der Waals surface area contributed by atoms with E-state index in [0.717, 1.165) is 0 Å². The highest BCUT2D eigenvalue weighted by Crippen LogP contribution is 2.25. The number of hydrogen-bond donors (Lipinski definition) is 2. The van der Waals surface area contributed by atoms with Crippen molar-refractivity contribution in [1.29, 1.82) is 0 Å². The lowest BCUT2D eigenvalue weighted by Crippen LogP contribution is -2.36. The van der Waals surface area contributed by atoms with E-state index in [1.807, 2.05) is 0 Å². The van der Waals surface area contributed by atoms with Gasteiger partial charge in [-0.05, 0) is 17.7 Å². The van der Waals surface area contributed by atoms with E-state index in [1.165, 1.54) is 0 Å². The number of nitrogens with one attached hydrogen (secondary N) is 1. The molecule has 5 nitrogen and oxygen atoms in total. The first kappa shape index (κ1) is 16.3. The zero-order valence-electron chi connectivity index (χ0n) is 11.6. The maximum absolute atomic E-state index is 12.3. The Hall–Kier alpha value is -2.09. The van der Waals surface area contributed by atoms with Gasteiger partial charge in [-0.2, -0.15) is 13.2 Å². The van der Waals surface area contributed by atoms with Crippen LogP contribution in [0.5, 0.6) is 0 Å². The first-order valence-electron chi connectivity index (χ1n) is 6.63. The molecule has 2 amide bonds. The molecule has 0 radical (unpaired) electrons. The Kier molecular flexibility index (Phi) is 4.70. The van der Waals surface area contributed by atoms with Gasteiger partial charge in [-0.3, -0.25) is 9.59 Å². The zero-order chi connectivity index (χ0) is 16.3. The van der Waals surface area contributed by atoms with E-state index < -0.39 is 30.5 Å². The maximum atomic E-state index is 12.3. The van der Waals surface area contributed by atoms with E-state index in [0.29, 0.717) is 16.2 Å². The second-order valence-electron chi connectivity index (χ2n) is 5.14. The van der Waals surface area contributed by atoms with Crippen molar-refractivity contribution >= 4 is 17.5 Å². The fraction of sp³-hybridized carbons (Fsp3) is 0.429. The Balaban J connectivity index is 1.97. The standard InChI is InChI=1S/C14H15F3N2O3/c15-14(16,17)8-19-6-10(5-12(19)21)13(22)18-11-3-1-2-9(4-11)7-20/h1-4,10,20H,5-8H2,(H,18,22). The van der Waals surface area contributed by atoms with Crippen LogP contribution in [-0.4, -0.2) is 41.1 Å². The van der Waals surface area contributed by atoms with E-state index in [9.17, 15) is 22.8 Å². The smallest absolute Gasteiger partial charge is 0.392 e. The summed E-state index contributed by atoms with van der Waals surface area (Å²) in [7, 11) is 0. The molecule has 1 aromatic carbocycles. The summed E-state index contributed by atoms with van der Waals surface area (Å²) in [6.07, 6.45) is -4.71. The number of halogens is 3. The number of aliphatic hydroxyl groups is 1. The number of likely N-dealkylation sites (tertiary alicyclic amines) is 1. The van der Waals surface area contributed by atoms with Crippen LogP contribution in [0.15, 0.2) is 24.3 Å². The molecule has 0 spiro atoms. The summed E-state index contributed by atoms with van der Waals surface area (Å²) in [5.41, 5.74) is 1.03. The molecule has 8 heteroatoms. The van der Waals surface area contributed by atoms with Gasteiger partial charge in [0.2, 0.25) is 11.8 Å². The summed E-state index contributed by atoms with van der Waals surface area (Å²) < 4.78 is 37.0.